The second-order valence-electron chi connectivity index (χ2n) is 6.32. The molecule has 4 nitrogen and oxygen atoms in total. The van der Waals surface area contributed by atoms with Crippen LogP contribution in [-0.2, 0) is 0 Å². The van der Waals surface area contributed by atoms with E-state index in [1.807, 2.05) is 18.2 Å². The Morgan fingerprint density at radius 3 is 2.52 bits per heavy atom. The molecule has 1 unspecified atom stereocenters. The zero-order valence-electron chi connectivity index (χ0n) is 14.2. The van der Waals surface area contributed by atoms with Gasteiger partial charge in [-0.05, 0) is 48.0 Å². The Bertz CT molecular complexity index is 1040. The molecule has 4 rings (SSSR count). The van der Waals surface area contributed by atoms with E-state index >= 15 is 0 Å². The highest BCUT2D eigenvalue weighted by atomic mass is 35.5. The van der Waals surface area contributed by atoms with Gasteiger partial charge in [0.2, 0.25) is 0 Å². The van der Waals surface area contributed by atoms with Crippen molar-refractivity contribution >= 4 is 23.0 Å². The first-order chi connectivity index (χ1) is 13.0. The number of hydrogen-bond donors (Lipinski definition) is 2. The van der Waals surface area contributed by atoms with E-state index in [2.05, 4.69) is 5.10 Å². The number of halogens is 2. The third kappa shape index (κ3) is 3.34. The number of phenols is 2. The van der Waals surface area contributed by atoms with Gasteiger partial charge in [0.1, 0.15) is 5.75 Å². The van der Waals surface area contributed by atoms with Crippen LogP contribution in [0.2, 0.25) is 5.02 Å². The molecule has 136 valence electrons. The van der Waals surface area contributed by atoms with Gasteiger partial charge in [-0.25, -0.2) is 4.39 Å². The SMILES string of the molecule is Oc1ccc(C2CC(c3ccccc3O)=NN2c2cccc(Cl)c2)cc1F. The summed E-state index contributed by atoms with van der Waals surface area (Å²) in [6, 6.07) is 18.2. The molecule has 0 spiro atoms. The van der Waals surface area contributed by atoms with Crippen molar-refractivity contribution in [2.24, 2.45) is 5.10 Å². The molecular formula is C21H16ClFN2O2. The smallest absolute Gasteiger partial charge is 0.165 e. The van der Waals surface area contributed by atoms with E-state index in [0.29, 0.717) is 28.3 Å². The van der Waals surface area contributed by atoms with Gasteiger partial charge in [-0.3, -0.25) is 5.01 Å². The van der Waals surface area contributed by atoms with Crippen LogP contribution in [0.15, 0.2) is 71.8 Å². The zero-order chi connectivity index (χ0) is 19.0. The monoisotopic (exact) mass is 382 g/mol. The number of nitrogens with zero attached hydrogens (tertiary/aromatic N) is 2. The third-order valence-corrected chi connectivity index (χ3v) is 4.79. The van der Waals surface area contributed by atoms with Crippen molar-refractivity contribution in [3.05, 3.63) is 88.7 Å². The molecule has 1 heterocycles. The first kappa shape index (κ1) is 17.4. The van der Waals surface area contributed by atoms with Gasteiger partial charge in [0.15, 0.2) is 11.6 Å². The van der Waals surface area contributed by atoms with E-state index in [4.69, 9.17) is 11.6 Å². The Morgan fingerprint density at radius 2 is 1.78 bits per heavy atom. The van der Waals surface area contributed by atoms with Gasteiger partial charge in [0.05, 0.1) is 17.4 Å². The summed E-state index contributed by atoms with van der Waals surface area (Å²) in [5.74, 6) is -0.942. The van der Waals surface area contributed by atoms with Crippen LogP contribution in [-0.4, -0.2) is 15.9 Å². The molecule has 3 aromatic rings. The number of anilines is 1. The largest absolute Gasteiger partial charge is 0.507 e. The number of aromatic hydroxyl groups is 2. The van der Waals surface area contributed by atoms with Crippen molar-refractivity contribution < 1.29 is 14.6 Å². The van der Waals surface area contributed by atoms with Crippen LogP contribution in [0.5, 0.6) is 11.5 Å². The highest BCUT2D eigenvalue weighted by Crippen LogP contribution is 2.39. The van der Waals surface area contributed by atoms with Gasteiger partial charge in [0.25, 0.3) is 0 Å². The molecule has 3 aromatic carbocycles. The maximum Gasteiger partial charge on any atom is 0.165 e. The molecule has 27 heavy (non-hydrogen) atoms. The minimum Gasteiger partial charge on any atom is -0.507 e. The van der Waals surface area contributed by atoms with E-state index in [0.717, 1.165) is 5.69 Å². The molecule has 0 aliphatic carbocycles. The van der Waals surface area contributed by atoms with Gasteiger partial charge in [-0.1, -0.05) is 35.9 Å². The second-order valence-corrected chi connectivity index (χ2v) is 6.76. The predicted molar refractivity (Wildman–Crippen MR) is 104 cm³/mol. The molecule has 0 radical (unpaired) electrons. The van der Waals surface area contributed by atoms with Crippen LogP contribution < -0.4 is 5.01 Å². The summed E-state index contributed by atoms with van der Waals surface area (Å²) in [5.41, 5.74) is 2.74. The van der Waals surface area contributed by atoms with Crippen LogP contribution in [0.4, 0.5) is 10.1 Å². The van der Waals surface area contributed by atoms with Gasteiger partial charge < -0.3 is 10.2 Å². The maximum atomic E-state index is 13.9. The molecule has 1 aliphatic rings. The molecule has 0 saturated carbocycles. The number of rotatable bonds is 3. The van der Waals surface area contributed by atoms with E-state index in [9.17, 15) is 14.6 Å². The number of benzene rings is 3. The van der Waals surface area contributed by atoms with Gasteiger partial charge in [0, 0.05) is 17.0 Å². The average molecular weight is 383 g/mol. The summed E-state index contributed by atoms with van der Waals surface area (Å²) < 4.78 is 13.9. The Kier molecular flexibility index (Phi) is 4.46. The Labute approximate surface area is 160 Å². The van der Waals surface area contributed by atoms with E-state index < -0.39 is 11.6 Å². The van der Waals surface area contributed by atoms with Crippen LogP contribution in [0.1, 0.15) is 23.6 Å². The summed E-state index contributed by atoms with van der Waals surface area (Å²) in [7, 11) is 0. The Morgan fingerprint density at radius 1 is 0.963 bits per heavy atom. The fourth-order valence-electron chi connectivity index (χ4n) is 3.24. The lowest BCUT2D eigenvalue weighted by molar-refractivity contribution is 0.431. The average Bonchev–Trinajstić information content (AvgIpc) is 3.09. The van der Waals surface area contributed by atoms with Gasteiger partial charge in [-0.15, -0.1) is 0 Å². The predicted octanol–water partition coefficient (Wildman–Crippen LogP) is 5.25. The highest BCUT2D eigenvalue weighted by molar-refractivity contribution is 6.30. The zero-order valence-corrected chi connectivity index (χ0v) is 14.9. The first-order valence-corrected chi connectivity index (χ1v) is 8.80. The molecule has 6 heteroatoms. The van der Waals surface area contributed by atoms with Crippen molar-refractivity contribution in [3.8, 4) is 11.5 Å². The minimum atomic E-state index is -0.686. The lowest BCUT2D eigenvalue weighted by Crippen LogP contribution is -2.18. The molecule has 0 saturated heterocycles. The number of para-hydroxylation sites is 1. The summed E-state index contributed by atoms with van der Waals surface area (Å²) in [5, 5.41) is 26.7. The fraction of sp³-hybridized carbons (Fsp3) is 0.0952. The lowest BCUT2D eigenvalue weighted by Gasteiger charge is -2.24. The topological polar surface area (TPSA) is 56.1 Å². The Hall–Kier alpha value is -3.05. The summed E-state index contributed by atoms with van der Waals surface area (Å²) in [4.78, 5) is 0. The standard InChI is InChI=1S/C21H16ClFN2O2/c22-14-4-3-5-15(11-14)25-19(13-8-9-21(27)17(23)10-13)12-18(24-25)16-6-1-2-7-20(16)26/h1-11,19,26-27H,12H2. The molecule has 0 aromatic heterocycles. The quantitative estimate of drug-likeness (QED) is 0.650. The normalized spacial score (nSPS) is 16.4. The minimum absolute atomic E-state index is 0.139. The third-order valence-electron chi connectivity index (χ3n) is 4.55. The molecule has 0 fully saturated rings. The number of hydrazone groups is 1. The van der Waals surface area contributed by atoms with Crippen molar-refractivity contribution in [2.75, 3.05) is 5.01 Å². The van der Waals surface area contributed by atoms with Crippen molar-refractivity contribution in [1.29, 1.82) is 0 Å². The lowest BCUT2D eigenvalue weighted by atomic mass is 9.97. The number of hydrogen-bond acceptors (Lipinski definition) is 4. The first-order valence-electron chi connectivity index (χ1n) is 8.42. The molecule has 0 amide bonds. The van der Waals surface area contributed by atoms with E-state index in [1.54, 1.807) is 41.4 Å². The molecule has 2 N–H and O–H groups in total. The molecule has 1 aliphatic heterocycles. The van der Waals surface area contributed by atoms with Crippen molar-refractivity contribution in [2.45, 2.75) is 12.5 Å². The molecular weight excluding hydrogens is 367 g/mol. The highest BCUT2D eigenvalue weighted by Gasteiger charge is 2.31. The maximum absolute atomic E-state index is 13.9. The molecule has 0 bridgehead atoms. The second kappa shape index (κ2) is 6.93. The van der Waals surface area contributed by atoms with Crippen molar-refractivity contribution in [3.63, 3.8) is 0 Å². The fourth-order valence-corrected chi connectivity index (χ4v) is 3.42. The van der Waals surface area contributed by atoms with Crippen LogP contribution in [0, 0.1) is 5.82 Å². The summed E-state index contributed by atoms with van der Waals surface area (Å²) in [6.07, 6.45) is 0.467. The summed E-state index contributed by atoms with van der Waals surface area (Å²) >= 11 is 6.13. The van der Waals surface area contributed by atoms with Crippen molar-refractivity contribution in [1.82, 2.24) is 0 Å². The van der Waals surface area contributed by atoms with E-state index in [1.165, 1.54) is 12.1 Å². The van der Waals surface area contributed by atoms with Crippen LogP contribution >= 0.6 is 11.6 Å². The molecule has 1 atom stereocenters. The summed E-state index contributed by atoms with van der Waals surface area (Å²) in [6.45, 7) is 0. The van der Waals surface area contributed by atoms with E-state index in [-0.39, 0.29) is 11.8 Å². The van der Waals surface area contributed by atoms with Gasteiger partial charge >= 0.3 is 0 Å². The number of phenolic OH excluding ortho intramolecular Hbond substituents is 2. The van der Waals surface area contributed by atoms with Gasteiger partial charge in [-0.2, -0.15) is 5.10 Å². The van der Waals surface area contributed by atoms with Crippen LogP contribution in [0.25, 0.3) is 0 Å². The Balaban J connectivity index is 1.80. The van der Waals surface area contributed by atoms with Crippen LogP contribution in [0.3, 0.4) is 0 Å².